The topological polar surface area (TPSA) is 60.7 Å². The first-order valence-electron chi connectivity index (χ1n) is 10.4. The van der Waals surface area contributed by atoms with E-state index in [4.69, 9.17) is 25.5 Å². The van der Waals surface area contributed by atoms with Gasteiger partial charge in [-0.2, -0.15) is 0 Å². The Kier molecular flexibility index (Phi) is 6.43. The predicted molar refractivity (Wildman–Crippen MR) is 133 cm³/mol. The van der Waals surface area contributed by atoms with Gasteiger partial charge in [-0.25, -0.2) is 0 Å². The largest absolute Gasteiger partial charge is 0.496 e. The van der Waals surface area contributed by atoms with Gasteiger partial charge in [0.15, 0.2) is 0 Å². The number of rotatable bonds is 6. The van der Waals surface area contributed by atoms with Crippen LogP contribution in [0.1, 0.15) is 18.1 Å². The first kappa shape index (κ1) is 22.5. The van der Waals surface area contributed by atoms with Crippen LogP contribution in [0.5, 0.6) is 11.5 Å². The highest BCUT2D eigenvalue weighted by Crippen LogP contribution is 2.37. The Morgan fingerprint density at radius 2 is 1.73 bits per heavy atom. The third-order valence-corrected chi connectivity index (χ3v) is 5.69. The van der Waals surface area contributed by atoms with Crippen molar-refractivity contribution in [3.8, 4) is 22.6 Å². The van der Waals surface area contributed by atoms with Crippen molar-refractivity contribution in [3.05, 3.63) is 83.1 Å². The molecule has 1 amide bonds. The van der Waals surface area contributed by atoms with Crippen molar-refractivity contribution < 1.29 is 18.7 Å². The number of methoxy groups -OCH3 is 2. The SMILES string of the molecule is COc1ccc(Cl)cc1NC(=O)/C=C(\C)c1cc2c(-c3ccc(C)cc3)coc2cc1OC. The first-order valence-corrected chi connectivity index (χ1v) is 10.8. The van der Waals surface area contributed by atoms with E-state index in [0.717, 1.165) is 27.6 Å². The van der Waals surface area contributed by atoms with Crippen molar-refractivity contribution in [2.45, 2.75) is 13.8 Å². The van der Waals surface area contributed by atoms with E-state index in [1.165, 1.54) is 18.7 Å². The van der Waals surface area contributed by atoms with Gasteiger partial charge >= 0.3 is 0 Å². The number of hydrogen-bond donors (Lipinski definition) is 1. The first-order chi connectivity index (χ1) is 15.9. The van der Waals surface area contributed by atoms with Crippen LogP contribution in [0.4, 0.5) is 5.69 Å². The molecule has 0 bridgehead atoms. The van der Waals surface area contributed by atoms with Crippen LogP contribution in [0, 0.1) is 6.92 Å². The zero-order valence-corrected chi connectivity index (χ0v) is 19.6. The van der Waals surface area contributed by atoms with Gasteiger partial charge in [-0.3, -0.25) is 4.79 Å². The van der Waals surface area contributed by atoms with Gasteiger partial charge in [0.05, 0.1) is 26.2 Å². The Bertz CT molecular complexity index is 1350. The van der Waals surface area contributed by atoms with Gasteiger partial charge in [0, 0.05) is 33.7 Å². The number of anilines is 1. The third kappa shape index (κ3) is 4.73. The van der Waals surface area contributed by atoms with Gasteiger partial charge in [-0.1, -0.05) is 41.4 Å². The second-order valence-corrected chi connectivity index (χ2v) is 8.16. The van der Waals surface area contributed by atoms with Crippen molar-refractivity contribution in [2.75, 3.05) is 19.5 Å². The molecule has 4 aromatic rings. The molecule has 0 saturated heterocycles. The average Bonchev–Trinajstić information content (AvgIpc) is 3.21. The second kappa shape index (κ2) is 9.43. The summed E-state index contributed by atoms with van der Waals surface area (Å²) in [6.07, 6.45) is 3.27. The molecule has 0 aliphatic carbocycles. The molecule has 0 atom stereocenters. The molecule has 0 fully saturated rings. The van der Waals surface area contributed by atoms with Crippen LogP contribution in [0.2, 0.25) is 5.02 Å². The minimum atomic E-state index is -0.304. The summed E-state index contributed by atoms with van der Waals surface area (Å²) in [5.74, 6) is 0.842. The molecule has 0 spiro atoms. The lowest BCUT2D eigenvalue weighted by atomic mass is 9.99. The number of amides is 1. The summed E-state index contributed by atoms with van der Waals surface area (Å²) < 4.78 is 16.7. The fourth-order valence-electron chi connectivity index (χ4n) is 3.71. The number of ether oxygens (including phenoxy) is 2. The molecule has 33 heavy (non-hydrogen) atoms. The second-order valence-electron chi connectivity index (χ2n) is 7.73. The number of aryl methyl sites for hydroxylation is 1. The lowest BCUT2D eigenvalue weighted by Crippen LogP contribution is -2.09. The fourth-order valence-corrected chi connectivity index (χ4v) is 3.88. The summed E-state index contributed by atoms with van der Waals surface area (Å²) in [7, 11) is 3.13. The number of fused-ring (bicyclic) bond motifs is 1. The highest BCUT2D eigenvalue weighted by atomic mass is 35.5. The summed E-state index contributed by atoms with van der Waals surface area (Å²) in [4.78, 5) is 12.8. The molecule has 5 nitrogen and oxygen atoms in total. The molecular formula is C27H24ClNO4. The Labute approximate surface area is 197 Å². The number of nitrogens with one attached hydrogen (secondary N) is 1. The van der Waals surface area contributed by atoms with Gasteiger partial charge in [0.2, 0.25) is 5.91 Å². The van der Waals surface area contributed by atoms with Crippen LogP contribution in [-0.2, 0) is 4.79 Å². The Morgan fingerprint density at radius 1 is 1.00 bits per heavy atom. The van der Waals surface area contributed by atoms with Crippen molar-refractivity contribution in [1.29, 1.82) is 0 Å². The van der Waals surface area contributed by atoms with Crippen molar-refractivity contribution in [2.24, 2.45) is 0 Å². The van der Waals surface area contributed by atoms with Gasteiger partial charge in [-0.05, 0) is 49.2 Å². The van der Waals surface area contributed by atoms with Crippen molar-refractivity contribution in [3.63, 3.8) is 0 Å². The normalized spacial score (nSPS) is 11.5. The number of benzene rings is 3. The summed E-state index contributed by atoms with van der Waals surface area (Å²) in [6.45, 7) is 3.92. The zero-order chi connectivity index (χ0) is 23.5. The number of allylic oxidation sites excluding steroid dienone is 1. The Balaban J connectivity index is 1.71. The lowest BCUT2D eigenvalue weighted by Gasteiger charge is -2.11. The lowest BCUT2D eigenvalue weighted by molar-refractivity contribution is -0.111. The Hall–Kier alpha value is -3.70. The van der Waals surface area contributed by atoms with Crippen molar-refractivity contribution >= 4 is 39.7 Å². The van der Waals surface area contributed by atoms with E-state index in [-0.39, 0.29) is 5.91 Å². The van der Waals surface area contributed by atoms with Crippen molar-refractivity contribution in [1.82, 2.24) is 0 Å². The maximum Gasteiger partial charge on any atom is 0.248 e. The zero-order valence-electron chi connectivity index (χ0n) is 18.9. The summed E-state index contributed by atoms with van der Waals surface area (Å²) in [6, 6.07) is 17.2. The van der Waals surface area contributed by atoms with Crippen LogP contribution >= 0.6 is 11.6 Å². The van der Waals surface area contributed by atoms with E-state index in [1.807, 2.05) is 19.1 Å². The maximum absolute atomic E-state index is 12.8. The van der Waals surface area contributed by atoms with E-state index in [9.17, 15) is 4.79 Å². The van der Waals surface area contributed by atoms with Gasteiger partial charge in [0.1, 0.15) is 17.1 Å². The molecule has 0 saturated carbocycles. The van der Waals surface area contributed by atoms with Gasteiger partial charge in [-0.15, -0.1) is 0 Å². The minimum Gasteiger partial charge on any atom is -0.496 e. The highest BCUT2D eigenvalue weighted by molar-refractivity contribution is 6.31. The molecule has 4 rings (SSSR count). The standard InChI is InChI=1S/C27H24ClNO4/c1-16-5-7-18(8-6-16)22-15-33-26-14-25(32-4)20(13-21(22)26)17(2)11-27(30)29-23-12-19(28)9-10-24(23)31-3/h5-15H,1-4H3,(H,29,30)/b17-11+. The molecule has 168 valence electrons. The molecule has 0 radical (unpaired) electrons. The molecular weight excluding hydrogens is 438 g/mol. The Morgan fingerprint density at radius 3 is 2.42 bits per heavy atom. The van der Waals surface area contributed by atoms with Gasteiger partial charge < -0.3 is 19.2 Å². The van der Waals surface area contributed by atoms with E-state index < -0.39 is 0 Å². The average molecular weight is 462 g/mol. The minimum absolute atomic E-state index is 0.304. The molecule has 1 aromatic heterocycles. The van der Waals surface area contributed by atoms with Crippen LogP contribution < -0.4 is 14.8 Å². The summed E-state index contributed by atoms with van der Waals surface area (Å²) >= 11 is 6.07. The molecule has 1 N–H and O–H groups in total. The molecule has 0 aliphatic rings. The van der Waals surface area contributed by atoms with E-state index in [1.54, 1.807) is 31.6 Å². The van der Waals surface area contributed by atoms with Crippen LogP contribution in [-0.4, -0.2) is 20.1 Å². The number of furan rings is 1. The molecule has 1 heterocycles. The molecule has 3 aromatic carbocycles. The molecule has 0 unspecified atom stereocenters. The number of carbonyl (C=O) groups is 1. The van der Waals surface area contributed by atoms with Crippen LogP contribution in [0.15, 0.2) is 71.4 Å². The van der Waals surface area contributed by atoms with E-state index in [2.05, 4.69) is 36.5 Å². The quantitative estimate of drug-likeness (QED) is 0.310. The third-order valence-electron chi connectivity index (χ3n) is 5.45. The van der Waals surface area contributed by atoms with Crippen LogP contribution in [0.3, 0.4) is 0 Å². The van der Waals surface area contributed by atoms with E-state index >= 15 is 0 Å². The predicted octanol–water partition coefficient (Wildman–Crippen LogP) is 7.12. The highest BCUT2D eigenvalue weighted by Gasteiger charge is 2.15. The smallest absolute Gasteiger partial charge is 0.248 e. The number of hydrogen-bond acceptors (Lipinski definition) is 4. The summed E-state index contributed by atoms with van der Waals surface area (Å²) in [5, 5.41) is 4.28. The molecule has 0 aliphatic heterocycles. The number of carbonyl (C=O) groups excluding carboxylic acids is 1. The monoisotopic (exact) mass is 461 g/mol. The van der Waals surface area contributed by atoms with Crippen LogP contribution in [0.25, 0.3) is 27.7 Å². The van der Waals surface area contributed by atoms with Gasteiger partial charge in [0.25, 0.3) is 0 Å². The maximum atomic E-state index is 12.8. The van der Waals surface area contributed by atoms with E-state index in [0.29, 0.717) is 27.8 Å². The fraction of sp³-hybridized carbons (Fsp3) is 0.148. The summed E-state index contributed by atoms with van der Waals surface area (Å²) in [5.41, 5.74) is 5.98. The number of halogens is 1. The molecule has 6 heteroatoms.